The number of benzene rings is 1. The molecule has 3 rings (SSSR count). The van der Waals surface area contributed by atoms with Crippen molar-refractivity contribution in [1.82, 2.24) is 10.2 Å². The average molecular weight is 245 g/mol. The molecule has 0 aromatic heterocycles. The van der Waals surface area contributed by atoms with E-state index in [9.17, 15) is 0 Å². The van der Waals surface area contributed by atoms with Crippen LogP contribution in [-0.4, -0.2) is 37.1 Å². The maximum atomic E-state index is 3.46. The summed E-state index contributed by atoms with van der Waals surface area (Å²) in [6.45, 7) is 11.4. The lowest BCUT2D eigenvalue weighted by atomic mass is 10.1. The lowest BCUT2D eigenvalue weighted by Gasteiger charge is -2.38. The molecular weight excluding hydrogens is 222 g/mol. The highest BCUT2D eigenvalue weighted by Crippen LogP contribution is 2.28. The predicted molar refractivity (Wildman–Crippen MR) is 75.9 cm³/mol. The van der Waals surface area contributed by atoms with Crippen LogP contribution in [0.4, 0.5) is 5.69 Å². The fourth-order valence-electron chi connectivity index (χ4n) is 3.09. The summed E-state index contributed by atoms with van der Waals surface area (Å²) in [7, 11) is 0. The molecule has 2 heterocycles. The van der Waals surface area contributed by atoms with E-state index in [4.69, 9.17) is 0 Å². The zero-order valence-corrected chi connectivity index (χ0v) is 11.4. The van der Waals surface area contributed by atoms with Crippen LogP contribution in [0.15, 0.2) is 18.2 Å². The first kappa shape index (κ1) is 12.0. The number of nitrogens with zero attached hydrogens (tertiary/aromatic N) is 2. The van der Waals surface area contributed by atoms with Crippen molar-refractivity contribution in [2.75, 3.05) is 31.1 Å². The minimum atomic E-state index is 0.676. The molecule has 0 radical (unpaired) electrons. The van der Waals surface area contributed by atoms with E-state index < -0.39 is 0 Å². The predicted octanol–water partition coefficient (Wildman–Crippen LogP) is 1.82. The molecule has 0 atom stereocenters. The summed E-state index contributed by atoms with van der Waals surface area (Å²) in [5, 5.41) is 3.46. The first-order valence-corrected chi connectivity index (χ1v) is 7.06. The van der Waals surface area contributed by atoms with Crippen molar-refractivity contribution < 1.29 is 0 Å². The van der Waals surface area contributed by atoms with Gasteiger partial charge in [-0.15, -0.1) is 0 Å². The van der Waals surface area contributed by atoms with E-state index in [1.165, 1.54) is 29.9 Å². The number of hydrogen-bond acceptors (Lipinski definition) is 3. The Hall–Kier alpha value is -1.06. The fraction of sp³-hybridized carbons (Fsp3) is 0.600. The normalized spacial score (nSPS) is 20.5. The van der Waals surface area contributed by atoms with Crippen LogP contribution in [0.1, 0.15) is 25.0 Å². The second-order valence-electron chi connectivity index (χ2n) is 5.64. The fourth-order valence-corrected chi connectivity index (χ4v) is 3.09. The molecule has 0 aliphatic carbocycles. The first-order valence-electron chi connectivity index (χ1n) is 7.06. The van der Waals surface area contributed by atoms with Crippen LogP contribution in [-0.2, 0) is 13.1 Å². The molecule has 2 aliphatic rings. The third kappa shape index (κ3) is 2.13. The molecule has 1 aromatic rings. The second kappa shape index (κ2) is 4.90. The maximum Gasteiger partial charge on any atom is 0.0416 e. The van der Waals surface area contributed by atoms with Gasteiger partial charge in [0.1, 0.15) is 0 Å². The standard InChI is InChI=1S/C15H23N3/c1-12(2)17-6-8-18(9-7-17)15-5-3-4-13-10-16-11-14(13)15/h3-5,12,16H,6-11H2,1-2H3. The number of fused-ring (bicyclic) bond motifs is 1. The Labute approximate surface area is 110 Å². The van der Waals surface area contributed by atoms with E-state index in [0.29, 0.717) is 6.04 Å². The monoisotopic (exact) mass is 245 g/mol. The quantitative estimate of drug-likeness (QED) is 0.857. The van der Waals surface area contributed by atoms with Gasteiger partial charge in [-0.1, -0.05) is 12.1 Å². The Balaban J connectivity index is 1.75. The smallest absolute Gasteiger partial charge is 0.0416 e. The third-order valence-electron chi connectivity index (χ3n) is 4.25. The summed E-state index contributed by atoms with van der Waals surface area (Å²) < 4.78 is 0. The van der Waals surface area contributed by atoms with Gasteiger partial charge in [-0.05, 0) is 31.0 Å². The number of rotatable bonds is 2. The van der Waals surface area contributed by atoms with Crippen LogP contribution in [0, 0.1) is 0 Å². The SMILES string of the molecule is CC(C)N1CCN(c2cccc3c2CNC3)CC1. The van der Waals surface area contributed by atoms with E-state index in [0.717, 1.165) is 26.2 Å². The molecule has 0 saturated carbocycles. The summed E-state index contributed by atoms with van der Waals surface area (Å²) in [5.41, 5.74) is 4.47. The highest BCUT2D eigenvalue weighted by atomic mass is 15.3. The minimum Gasteiger partial charge on any atom is -0.369 e. The molecule has 1 N–H and O–H groups in total. The van der Waals surface area contributed by atoms with E-state index >= 15 is 0 Å². The Morgan fingerprint density at radius 2 is 1.83 bits per heavy atom. The van der Waals surface area contributed by atoms with Gasteiger partial charge in [-0.2, -0.15) is 0 Å². The van der Waals surface area contributed by atoms with Crippen molar-refractivity contribution in [1.29, 1.82) is 0 Å². The molecule has 0 bridgehead atoms. The molecule has 0 amide bonds. The van der Waals surface area contributed by atoms with Crippen LogP contribution in [0.2, 0.25) is 0 Å². The van der Waals surface area contributed by atoms with Gasteiger partial charge in [0, 0.05) is 51.0 Å². The van der Waals surface area contributed by atoms with Gasteiger partial charge in [-0.25, -0.2) is 0 Å². The zero-order chi connectivity index (χ0) is 12.5. The number of nitrogens with one attached hydrogen (secondary N) is 1. The Kier molecular flexibility index (Phi) is 3.27. The Morgan fingerprint density at radius 3 is 2.56 bits per heavy atom. The van der Waals surface area contributed by atoms with Crippen LogP contribution in [0.5, 0.6) is 0 Å². The van der Waals surface area contributed by atoms with Crippen molar-refractivity contribution >= 4 is 5.69 Å². The average Bonchev–Trinajstić information content (AvgIpc) is 2.87. The molecule has 1 fully saturated rings. The third-order valence-corrected chi connectivity index (χ3v) is 4.25. The van der Waals surface area contributed by atoms with Gasteiger partial charge in [0.2, 0.25) is 0 Å². The van der Waals surface area contributed by atoms with E-state index in [1.807, 2.05) is 0 Å². The van der Waals surface area contributed by atoms with Gasteiger partial charge >= 0.3 is 0 Å². The highest BCUT2D eigenvalue weighted by molar-refractivity contribution is 5.58. The summed E-state index contributed by atoms with van der Waals surface area (Å²) in [4.78, 5) is 5.13. The van der Waals surface area contributed by atoms with Crippen molar-refractivity contribution in [3.05, 3.63) is 29.3 Å². The van der Waals surface area contributed by atoms with Crippen molar-refractivity contribution in [2.45, 2.75) is 33.0 Å². The number of piperazine rings is 1. The molecule has 1 saturated heterocycles. The Bertz CT molecular complexity index is 420. The first-order chi connectivity index (χ1) is 8.75. The zero-order valence-electron chi connectivity index (χ0n) is 11.4. The van der Waals surface area contributed by atoms with E-state index in [-0.39, 0.29) is 0 Å². The molecule has 2 aliphatic heterocycles. The molecule has 3 nitrogen and oxygen atoms in total. The molecule has 98 valence electrons. The van der Waals surface area contributed by atoms with Crippen molar-refractivity contribution in [3.8, 4) is 0 Å². The van der Waals surface area contributed by atoms with E-state index in [1.54, 1.807) is 0 Å². The summed E-state index contributed by atoms with van der Waals surface area (Å²) >= 11 is 0. The second-order valence-corrected chi connectivity index (χ2v) is 5.64. The Morgan fingerprint density at radius 1 is 1.06 bits per heavy atom. The molecule has 0 spiro atoms. The molecule has 0 unspecified atom stereocenters. The molecule has 18 heavy (non-hydrogen) atoms. The molecule has 3 heteroatoms. The highest BCUT2D eigenvalue weighted by Gasteiger charge is 2.22. The van der Waals surface area contributed by atoms with Gasteiger partial charge < -0.3 is 10.2 Å². The summed E-state index contributed by atoms with van der Waals surface area (Å²) in [5.74, 6) is 0. The largest absolute Gasteiger partial charge is 0.369 e. The van der Waals surface area contributed by atoms with Gasteiger partial charge in [0.15, 0.2) is 0 Å². The number of anilines is 1. The van der Waals surface area contributed by atoms with Crippen LogP contribution in [0.25, 0.3) is 0 Å². The topological polar surface area (TPSA) is 18.5 Å². The summed E-state index contributed by atoms with van der Waals surface area (Å²) in [6.07, 6.45) is 0. The van der Waals surface area contributed by atoms with E-state index in [2.05, 4.69) is 47.2 Å². The van der Waals surface area contributed by atoms with Crippen LogP contribution in [0.3, 0.4) is 0 Å². The molecule has 1 aromatic carbocycles. The maximum absolute atomic E-state index is 3.46. The lowest BCUT2D eigenvalue weighted by Crippen LogP contribution is -2.49. The van der Waals surface area contributed by atoms with Crippen molar-refractivity contribution in [2.24, 2.45) is 0 Å². The van der Waals surface area contributed by atoms with Crippen LogP contribution >= 0.6 is 0 Å². The van der Waals surface area contributed by atoms with Crippen molar-refractivity contribution in [3.63, 3.8) is 0 Å². The summed E-state index contributed by atoms with van der Waals surface area (Å²) in [6, 6.07) is 7.42. The van der Waals surface area contributed by atoms with Gasteiger partial charge in [0.05, 0.1) is 0 Å². The van der Waals surface area contributed by atoms with Gasteiger partial charge in [-0.3, -0.25) is 4.90 Å². The number of hydrogen-bond donors (Lipinski definition) is 1. The van der Waals surface area contributed by atoms with Crippen LogP contribution < -0.4 is 10.2 Å². The minimum absolute atomic E-state index is 0.676. The van der Waals surface area contributed by atoms with Gasteiger partial charge in [0.25, 0.3) is 0 Å². The molecular formula is C15H23N3. The lowest BCUT2D eigenvalue weighted by molar-refractivity contribution is 0.209.